The largest absolute Gasteiger partial charge is 0.375 e. The summed E-state index contributed by atoms with van der Waals surface area (Å²) in [5.41, 5.74) is 0.732. The van der Waals surface area contributed by atoms with E-state index in [-0.39, 0.29) is 34.0 Å². The Labute approximate surface area is 210 Å². The van der Waals surface area contributed by atoms with Crippen LogP contribution in [0.3, 0.4) is 0 Å². The molecule has 1 aromatic carbocycles. The molecule has 1 aliphatic carbocycles. The third-order valence-corrected chi connectivity index (χ3v) is 10.4. The van der Waals surface area contributed by atoms with Crippen LogP contribution in [0.1, 0.15) is 68.2 Å². The van der Waals surface area contributed by atoms with E-state index in [9.17, 15) is 22.9 Å². The predicted octanol–water partition coefficient (Wildman–Crippen LogP) is 5.11. The highest BCUT2D eigenvalue weighted by Crippen LogP contribution is 2.60. The molecule has 2 N–H and O–H groups in total. The van der Waals surface area contributed by atoms with E-state index in [1.165, 1.54) is 18.3 Å². The van der Waals surface area contributed by atoms with Crippen molar-refractivity contribution < 1.29 is 31.9 Å². The first kappa shape index (κ1) is 28.0. The number of carbonyl (C=O) groups is 1. The van der Waals surface area contributed by atoms with Crippen LogP contribution in [-0.4, -0.2) is 43.9 Å². The van der Waals surface area contributed by atoms with E-state index in [0.717, 1.165) is 48.8 Å². The summed E-state index contributed by atoms with van der Waals surface area (Å²) in [5.74, 6) is -1.85. The van der Waals surface area contributed by atoms with Crippen molar-refractivity contribution in [3.8, 4) is 0 Å². The second-order valence-electron chi connectivity index (χ2n) is 8.59. The maximum Gasteiger partial charge on any atom is 0.364 e. The van der Waals surface area contributed by atoms with Crippen molar-refractivity contribution in [1.82, 2.24) is 4.98 Å². The van der Waals surface area contributed by atoms with Crippen molar-refractivity contribution in [3.05, 3.63) is 40.9 Å². The van der Waals surface area contributed by atoms with Gasteiger partial charge in [0.15, 0.2) is 20.8 Å². The van der Waals surface area contributed by atoms with Gasteiger partial charge in [0.05, 0.1) is 28.9 Å². The summed E-state index contributed by atoms with van der Waals surface area (Å²) >= 11 is 1.00. The average molecular weight is 545 g/mol. The third-order valence-electron chi connectivity index (χ3n) is 6.00. The molecule has 1 amide bonds. The van der Waals surface area contributed by atoms with Gasteiger partial charge in [-0.1, -0.05) is 49.2 Å². The molecule has 194 valence electrons. The van der Waals surface area contributed by atoms with Crippen molar-refractivity contribution in [2.75, 3.05) is 24.8 Å². The second kappa shape index (κ2) is 12.1. The summed E-state index contributed by atoms with van der Waals surface area (Å²) in [5, 5.41) is 13.7. The molecule has 0 radical (unpaired) electrons. The van der Waals surface area contributed by atoms with Gasteiger partial charge in [0.2, 0.25) is 5.91 Å². The summed E-state index contributed by atoms with van der Waals surface area (Å²) in [7, 11) is -7.13. The lowest BCUT2D eigenvalue weighted by molar-refractivity contribution is -0.118. The molecule has 1 aliphatic rings. The van der Waals surface area contributed by atoms with Gasteiger partial charge in [-0.05, 0) is 43.9 Å². The van der Waals surface area contributed by atoms with Gasteiger partial charge in [0, 0.05) is 12.5 Å². The molecule has 0 spiro atoms. The summed E-state index contributed by atoms with van der Waals surface area (Å²) in [4.78, 5) is 18.0. The summed E-state index contributed by atoms with van der Waals surface area (Å²) in [6.45, 7) is 3.53. The Hall–Kier alpha value is -1.62. The van der Waals surface area contributed by atoms with E-state index in [1.807, 2.05) is 0 Å². The predicted molar refractivity (Wildman–Crippen MR) is 135 cm³/mol. The van der Waals surface area contributed by atoms with Crippen molar-refractivity contribution in [3.63, 3.8) is 0 Å². The fourth-order valence-electron chi connectivity index (χ4n) is 4.27. The minimum absolute atomic E-state index is 0.109. The van der Waals surface area contributed by atoms with Crippen LogP contribution >= 0.6 is 18.9 Å². The Morgan fingerprint density at radius 2 is 1.80 bits per heavy atom. The quantitative estimate of drug-likeness (QED) is 0.353. The van der Waals surface area contributed by atoms with Gasteiger partial charge in [-0.2, -0.15) is 0 Å². The molecule has 1 saturated carbocycles. The number of nitrogens with one attached hydrogen (secondary N) is 1. The zero-order valence-corrected chi connectivity index (χ0v) is 22.7. The topological polar surface area (TPSA) is 132 Å². The molecule has 1 fully saturated rings. The Bertz CT molecular complexity index is 1130. The number of anilines is 1. The lowest BCUT2D eigenvalue weighted by Gasteiger charge is -2.21. The van der Waals surface area contributed by atoms with Gasteiger partial charge >= 0.3 is 7.60 Å². The van der Waals surface area contributed by atoms with Crippen LogP contribution in [-0.2, 0) is 28.2 Å². The minimum Gasteiger partial charge on any atom is -0.375 e. The highest BCUT2D eigenvalue weighted by Gasteiger charge is 2.37. The van der Waals surface area contributed by atoms with Gasteiger partial charge < -0.3 is 19.5 Å². The van der Waals surface area contributed by atoms with Gasteiger partial charge in [0.25, 0.3) is 0 Å². The number of carbonyl (C=O) groups excluding carboxylic acids is 1. The Morgan fingerprint density at radius 1 is 1.20 bits per heavy atom. The Balaban J connectivity index is 1.80. The molecule has 0 aliphatic heterocycles. The first-order valence-electron chi connectivity index (χ1n) is 11.7. The fraction of sp³-hybridized carbons (Fsp3) is 0.565. The van der Waals surface area contributed by atoms with Gasteiger partial charge in [-0.15, -0.1) is 0 Å². The van der Waals surface area contributed by atoms with E-state index in [4.69, 9.17) is 9.05 Å². The number of sulfone groups is 1. The molecular weight excluding hydrogens is 511 g/mol. The van der Waals surface area contributed by atoms with Crippen LogP contribution in [0.4, 0.5) is 5.13 Å². The van der Waals surface area contributed by atoms with Crippen molar-refractivity contribution in [2.45, 2.75) is 62.6 Å². The van der Waals surface area contributed by atoms with Crippen molar-refractivity contribution in [2.24, 2.45) is 5.92 Å². The lowest BCUT2D eigenvalue weighted by atomic mass is 9.87. The number of hydrogen-bond donors (Lipinski definition) is 2. The number of nitrogens with zero attached hydrogens (tertiary/aromatic N) is 1. The van der Waals surface area contributed by atoms with Crippen LogP contribution in [0, 0.1) is 5.92 Å². The monoisotopic (exact) mass is 544 g/mol. The molecule has 0 bridgehead atoms. The number of thiazole rings is 1. The van der Waals surface area contributed by atoms with Crippen molar-refractivity contribution >= 4 is 39.8 Å². The Morgan fingerprint density at radius 3 is 2.34 bits per heavy atom. The fourth-order valence-corrected chi connectivity index (χ4v) is 7.59. The minimum atomic E-state index is -3.79. The van der Waals surface area contributed by atoms with Crippen LogP contribution in [0.2, 0.25) is 0 Å². The number of hydrogen-bond acceptors (Lipinski definition) is 9. The molecular formula is C23H33N2O7PS2. The number of aliphatic hydroxyl groups is 1. The van der Waals surface area contributed by atoms with E-state index >= 15 is 0 Å². The normalized spacial score (nSPS) is 16.8. The first-order valence-corrected chi connectivity index (χ1v) is 16.0. The zero-order valence-electron chi connectivity index (χ0n) is 20.2. The molecule has 1 unspecified atom stereocenters. The molecule has 1 aromatic heterocycles. The van der Waals surface area contributed by atoms with Gasteiger partial charge in [-0.25, -0.2) is 13.4 Å². The molecule has 2 aromatic rings. The molecule has 1 heterocycles. The standard InChI is InChI=1S/C23H33N2O7PS2/c1-4-31-33(28,32-5-2)22(27)20-15-24-23(34-20)25-21(26)19(14-16-8-6-7-9-16)17-10-12-18(13-11-17)35(3,29)30/h10-13,15-16,19,22,27H,4-9,14H2,1-3H3,(H,24,25,26)/t19-,22?/m1/s1. The van der Waals surface area contributed by atoms with Gasteiger partial charge in [0.1, 0.15) is 0 Å². The maximum absolute atomic E-state index is 13.3. The van der Waals surface area contributed by atoms with E-state index in [0.29, 0.717) is 12.3 Å². The summed E-state index contributed by atoms with van der Waals surface area (Å²) in [6.07, 6.45) is 7.54. The number of aromatic nitrogens is 1. The maximum atomic E-state index is 13.3. The second-order valence-corrected chi connectivity index (χ2v) is 13.7. The number of amides is 1. The van der Waals surface area contributed by atoms with Crippen LogP contribution < -0.4 is 5.32 Å². The SMILES string of the molecule is CCOP(=O)(OCC)C(O)c1cnc(NC(=O)[C@H](CC2CCCC2)c2ccc(S(C)(=O)=O)cc2)s1. The zero-order chi connectivity index (χ0) is 25.6. The smallest absolute Gasteiger partial charge is 0.364 e. The molecule has 35 heavy (non-hydrogen) atoms. The molecule has 0 saturated heterocycles. The molecule has 3 rings (SSSR count). The highest BCUT2D eigenvalue weighted by molar-refractivity contribution is 7.90. The average Bonchev–Trinajstić information content (AvgIpc) is 3.49. The lowest BCUT2D eigenvalue weighted by Crippen LogP contribution is -2.23. The molecule has 2 atom stereocenters. The Kier molecular flexibility index (Phi) is 9.65. The van der Waals surface area contributed by atoms with E-state index < -0.39 is 29.2 Å². The molecule has 9 nitrogen and oxygen atoms in total. The van der Waals surface area contributed by atoms with Crippen LogP contribution in [0.5, 0.6) is 0 Å². The number of benzene rings is 1. The van der Waals surface area contributed by atoms with E-state index in [2.05, 4.69) is 10.3 Å². The number of aliphatic hydroxyl groups excluding tert-OH is 1. The third kappa shape index (κ3) is 7.21. The summed E-state index contributed by atoms with van der Waals surface area (Å²) < 4.78 is 47.0. The highest BCUT2D eigenvalue weighted by atomic mass is 32.2. The van der Waals surface area contributed by atoms with Crippen molar-refractivity contribution in [1.29, 1.82) is 0 Å². The van der Waals surface area contributed by atoms with Crippen LogP contribution in [0.25, 0.3) is 0 Å². The number of rotatable bonds is 12. The first-order chi connectivity index (χ1) is 16.6. The van der Waals surface area contributed by atoms with Crippen LogP contribution in [0.15, 0.2) is 35.4 Å². The summed E-state index contributed by atoms with van der Waals surface area (Å²) in [6, 6.07) is 6.42. The van der Waals surface area contributed by atoms with Gasteiger partial charge in [-0.3, -0.25) is 9.36 Å². The molecule has 12 heteroatoms. The van der Waals surface area contributed by atoms with E-state index in [1.54, 1.807) is 26.0 Å².